The van der Waals surface area contributed by atoms with Gasteiger partial charge in [-0.3, -0.25) is 0 Å². The third kappa shape index (κ3) is 5.97. The molecule has 0 aliphatic carbocycles. The Morgan fingerprint density at radius 3 is 2.82 bits per heavy atom. The van der Waals surface area contributed by atoms with E-state index in [4.69, 9.17) is 19.3 Å². The van der Waals surface area contributed by atoms with E-state index in [-0.39, 0.29) is 18.8 Å². The van der Waals surface area contributed by atoms with E-state index in [1.807, 2.05) is 0 Å². The molecular formula is C11H20O6. The molecule has 1 saturated heterocycles. The molecule has 0 bridgehead atoms. The molecule has 0 radical (unpaired) electrons. The second-order valence-corrected chi connectivity index (χ2v) is 4.52. The Morgan fingerprint density at radius 2 is 2.24 bits per heavy atom. The molecule has 0 aromatic heterocycles. The molecule has 6 heteroatoms. The highest BCUT2D eigenvalue weighted by Gasteiger charge is 2.29. The average Bonchev–Trinajstić information content (AvgIpc) is 2.60. The molecule has 1 rings (SSSR count). The van der Waals surface area contributed by atoms with E-state index < -0.39 is 11.8 Å². The van der Waals surface area contributed by atoms with Crippen LogP contribution in [-0.4, -0.2) is 54.0 Å². The fourth-order valence-corrected chi connectivity index (χ4v) is 1.69. The highest BCUT2D eigenvalue weighted by atomic mass is 16.6. The number of carbonyl (C=O) groups is 1. The van der Waals surface area contributed by atoms with Gasteiger partial charge in [-0.15, -0.1) is 0 Å². The number of aliphatic hydroxyl groups is 1. The molecule has 0 amide bonds. The molecule has 1 aliphatic rings. The molecule has 2 N–H and O–H groups in total. The molecule has 2 atom stereocenters. The molecule has 1 fully saturated rings. The van der Waals surface area contributed by atoms with Crippen molar-refractivity contribution in [2.24, 2.45) is 0 Å². The first-order valence-corrected chi connectivity index (χ1v) is 5.70. The summed E-state index contributed by atoms with van der Waals surface area (Å²) in [6, 6.07) is 0. The lowest BCUT2D eigenvalue weighted by Gasteiger charge is -2.22. The summed E-state index contributed by atoms with van der Waals surface area (Å²) in [6.45, 7) is 3.72. The SMILES string of the molecule is CC(C)(O)OCCC1OCCC1OCC(=O)O. The zero-order valence-corrected chi connectivity index (χ0v) is 10.2. The Balaban J connectivity index is 2.24. The Kier molecular flexibility index (Phi) is 5.32. The third-order valence-electron chi connectivity index (χ3n) is 2.43. The topological polar surface area (TPSA) is 85.2 Å². The van der Waals surface area contributed by atoms with E-state index in [0.29, 0.717) is 26.1 Å². The third-order valence-corrected chi connectivity index (χ3v) is 2.43. The highest BCUT2D eigenvalue weighted by Crippen LogP contribution is 2.20. The van der Waals surface area contributed by atoms with Gasteiger partial charge in [0, 0.05) is 6.61 Å². The number of hydrogen-bond acceptors (Lipinski definition) is 5. The standard InChI is InChI=1S/C11H20O6/c1-11(2,14)17-6-4-8-9(3-5-15-8)16-7-10(12)13/h8-9,14H,3-7H2,1-2H3,(H,12,13). The molecular weight excluding hydrogens is 228 g/mol. The van der Waals surface area contributed by atoms with Gasteiger partial charge in [-0.1, -0.05) is 0 Å². The van der Waals surface area contributed by atoms with Crippen LogP contribution in [0.4, 0.5) is 0 Å². The van der Waals surface area contributed by atoms with E-state index in [1.165, 1.54) is 0 Å². The first kappa shape index (κ1) is 14.4. The van der Waals surface area contributed by atoms with Gasteiger partial charge in [-0.2, -0.15) is 0 Å². The van der Waals surface area contributed by atoms with Gasteiger partial charge in [0.25, 0.3) is 0 Å². The molecule has 100 valence electrons. The van der Waals surface area contributed by atoms with Crippen LogP contribution >= 0.6 is 0 Å². The van der Waals surface area contributed by atoms with Crippen molar-refractivity contribution >= 4 is 5.97 Å². The number of carboxylic acid groups (broad SMARTS) is 1. The monoisotopic (exact) mass is 248 g/mol. The predicted octanol–water partition coefficient (Wildman–Crippen LogP) is 0.380. The van der Waals surface area contributed by atoms with E-state index in [2.05, 4.69) is 0 Å². The quantitative estimate of drug-likeness (QED) is 0.634. The summed E-state index contributed by atoms with van der Waals surface area (Å²) in [5, 5.41) is 17.9. The largest absolute Gasteiger partial charge is 0.480 e. The second-order valence-electron chi connectivity index (χ2n) is 4.52. The molecule has 2 unspecified atom stereocenters. The Morgan fingerprint density at radius 1 is 1.53 bits per heavy atom. The molecule has 6 nitrogen and oxygen atoms in total. The van der Waals surface area contributed by atoms with Crippen molar-refractivity contribution in [2.75, 3.05) is 19.8 Å². The van der Waals surface area contributed by atoms with Gasteiger partial charge in [0.1, 0.15) is 6.61 Å². The molecule has 17 heavy (non-hydrogen) atoms. The zero-order valence-electron chi connectivity index (χ0n) is 10.2. The van der Waals surface area contributed by atoms with Crippen molar-refractivity contribution in [1.82, 2.24) is 0 Å². The van der Waals surface area contributed by atoms with E-state index >= 15 is 0 Å². The van der Waals surface area contributed by atoms with Gasteiger partial charge in [0.05, 0.1) is 18.8 Å². The van der Waals surface area contributed by atoms with Crippen LogP contribution in [0.2, 0.25) is 0 Å². The van der Waals surface area contributed by atoms with E-state index in [0.717, 1.165) is 0 Å². The number of hydrogen-bond donors (Lipinski definition) is 2. The van der Waals surface area contributed by atoms with Crippen LogP contribution in [0.3, 0.4) is 0 Å². The number of aliphatic carboxylic acids is 1. The lowest BCUT2D eigenvalue weighted by atomic mass is 10.1. The lowest BCUT2D eigenvalue weighted by molar-refractivity contribution is -0.181. The van der Waals surface area contributed by atoms with Gasteiger partial charge < -0.3 is 24.4 Å². The van der Waals surface area contributed by atoms with E-state index in [9.17, 15) is 9.90 Å². The molecule has 1 aliphatic heterocycles. The van der Waals surface area contributed by atoms with Crippen molar-refractivity contribution in [2.45, 2.75) is 44.7 Å². The van der Waals surface area contributed by atoms with Crippen LogP contribution < -0.4 is 0 Å². The summed E-state index contributed by atoms with van der Waals surface area (Å²) in [7, 11) is 0. The average molecular weight is 248 g/mol. The fraction of sp³-hybridized carbons (Fsp3) is 0.909. The van der Waals surface area contributed by atoms with Gasteiger partial charge >= 0.3 is 5.97 Å². The minimum Gasteiger partial charge on any atom is -0.480 e. The number of rotatable bonds is 7. The van der Waals surface area contributed by atoms with Gasteiger partial charge in [0.15, 0.2) is 5.79 Å². The summed E-state index contributed by atoms with van der Waals surface area (Å²) >= 11 is 0. The summed E-state index contributed by atoms with van der Waals surface area (Å²) in [5.74, 6) is -2.14. The van der Waals surface area contributed by atoms with Crippen LogP contribution in [0.15, 0.2) is 0 Å². The smallest absolute Gasteiger partial charge is 0.329 e. The summed E-state index contributed by atoms with van der Waals surface area (Å²) in [5.41, 5.74) is 0. The molecule has 0 aromatic rings. The first-order valence-electron chi connectivity index (χ1n) is 5.70. The Bertz CT molecular complexity index is 247. The van der Waals surface area contributed by atoms with Crippen LogP contribution in [-0.2, 0) is 19.0 Å². The minimum absolute atomic E-state index is 0.156. The van der Waals surface area contributed by atoms with Crippen molar-refractivity contribution in [3.8, 4) is 0 Å². The normalized spacial score (nSPS) is 25.1. The van der Waals surface area contributed by atoms with Gasteiger partial charge in [0.2, 0.25) is 0 Å². The van der Waals surface area contributed by atoms with Crippen molar-refractivity contribution in [3.05, 3.63) is 0 Å². The van der Waals surface area contributed by atoms with E-state index in [1.54, 1.807) is 13.8 Å². The van der Waals surface area contributed by atoms with Crippen molar-refractivity contribution in [3.63, 3.8) is 0 Å². The lowest BCUT2D eigenvalue weighted by Crippen LogP contribution is -2.30. The van der Waals surface area contributed by atoms with Gasteiger partial charge in [-0.25, -0.2) is 4.79 Å². The number of carboxylic acids is 1. The molecule has 0 aromatic carbocycles. The van der Waals surface area contributed by atoms with Gasteiger partial charge in [-0.05, 0) is 26.7 Å². The predicted molar refractivity (Wildman–Crippen MR) is 58.6 cm³/mol. The summed E-state index contributed by atoms with van der Waals surface area (Å²) in [4.78, 5) is 10.4. The highest BCUT2D eigenvalue weighted by molar-refractivity contribution is 5.68. The van der Waals surface area contributed by atoms with Crippen LogP contribution in [0.25, 0.3) is 0 Å². The first-order chi connectivity index (χ1) is 7.88. The van der Waals surface area contributed by atoms with Crippen molar-refractivity contribution in [1.29, 1.82) is 0 Å². The molecule has 0 spiro atoms. The maximum absolute atomic E-state index is 10.4. The fourth-order valence-electron chi connectivity index (χ4n) is 1.69. The van der Waals surface area contributed by atoms with Crippen LogP contribution in [0.1, 0.15) is 26.7 Å². The molecule has 1 heterocycles. The minimum atomic E-state index is -1.16. The summed E-state index contributed by atoms with van der Waals surface area (Å²) < 4.78 is 15.8. The van der Waals surface area contributed by atoms with Crippen LogP contribution in [0, 0.1) is 0 Å². The van der Waals surface area contributed by atoms with Crippen molar-refractivity contribution < 1.29 is 29.2 Å². The summed E-state index contributed by atoms with van der Waals surface area (Å²) in [6.07, 6.45) is 0.919. The molecule has 0 saturated carbocycles. The zero-order chi connectivity index (χ0) is 12.9. The maximum Gasteiger partial charge on any atom is 0.329 e. The Labute approximate surface area is 100 Å². The second kappa shape index (κ2) is 6.30. The maximum atomic E-state index is 10.4. The van der Waals surface area contributed by atoms with Crippen LogP contribution in [0.5, 0.6) is 0 Å². The Hall–Kier alpha value is -0.690. The number of ether oxygens (including phenoxy) is 3.